The van der Waals surface area contributed by atoms with Gasteiger partial charge in [-0.05, 0) is 69.8 Å². The first-order valence-electron chi connectivity index (χ1n) is 24.6. The fourth-order valence-corrected chi connectivity index (χ4v) is 21.0. The van der Waals surface area contributed by atoms with E-state index in [2.05, 4.69) is 249 Å². The number of nitrogens with zero attached hydrogens (tertiary/aromatic N) is 1. The number of rotatable bonds is 21. The van der Waals surface area contributed by atoms with Crippen LogP contribution < -0.4 is 20.5 Å². The standard InChI is InChI=1S/C60H75NSi3/c1-10-62(11-2,12-3)58-43-31-52(32-44-58)22-19-49-25-37-55(38-26-49)61(56-39-27-50(28-40-56)20-23-53-33-45-59(46-34-53)63(13-4,14-5)15-6)57-41-29-51(30-42-57)21-24-54-35-47-60(48-36-54)64(16-7,17-8)18-9/h19-48H,10-18H2,1-9H3/b22-19+,23-20+,24-21+. The molecule has 0 spiro atoms. The summed E-state index contributed by atoms with van der Waals surface area (Å²) >= 11 is 0. The molecule has 0 saturated heterocycles. The molecule has 0 bridgehead atoms. The quantitative estimate of drug-likeness (QED) is 0.0514. The summed E-state index contributed by atoms with van der Waals surface area (Å²) in [5.74, 6) is 0. The number of anilines is 3. The second kappa shape index (κ2) is 22.7. The zero-order chi connectivity index (χ0) is 45.6. The third-order valence-corrected chi connectivity index (χ3v) is 32.4. The topological polar surface area (TPSA) is 3.24 Å². The smallest absolute Gasteiger partial charge is 0.0859 e. The summed E-state index contributed by atoms with van der Waals surface area (Å²) < 4.78 is 0. The van der Waals surface area contributed by atoms with E-state index < -0.39 is 24.2 Å². The molecule has 1 nitrogen and oxygen atoms in total. The Kier molecular flexibility index (Phi) is 17.2. The van der Waals surface area contributed by atoms with E-state index in [1.807, 2.05) is 0 Å². The minimum Gasteiger partial charge on any atom is -0.311 e. The van der Waals surface area contributed by atoms with Gasteiger partial charge in [-0.15, -0.1) is 0 Å². The molecule has 0 atom stereocenters. The zero-order valence-electron chi connectivity index (χ0n) is 40.6. The van der Waals surface area contributed by atoms with Gasteiger partial charge < -0.3 is 4.90 Å². The molecule has 0 aliphatic heterocycles. The van der Waals surface area contributed by atoms with E-state index >= 15 is 0 Å². The molecule has 0 aliphatic carbocycles. The molecule has 0 heterocycles. The first-order valence-corrected chi connectivity index (χ1v) is 32.5. The average molecular weight is 895 g/mol. The van der Waals surface area contributed by atoms with Crippen LogP contribution in [0.3, 0.4) is 0 Å². The van der Waals surface area contributed by atoms with Crippen molar-refractivity contribution in [2.24, 2.45) is 0 Å². The molecule has 0 aromatic heterocycles. The van der Waals surface area contributed by atoms with Gasteiger partial charge in [0.05, 0.1) is 24.2 Å². The monoisotopic (exact) mass is 894 g/mol. The average Bonchev–Trinajstić information content (AvgIpc) is 3.36. The first-order chi connectivity index (χ1) is 31.2. The minimum atomic E-state index is -1.37. The van der Waals surface area contributed by atoms with Crippen LogP contribution >= 0.6 is 0 Å². The summed E-state index contributed by atoms with van der Waals surface area (Å²) in [5, 5.41) is 4.78. The SMILES string of the molecule is CC[Si](CC)(CC)c1ccc(/C=C/c2ccc(N(c3ccc(/C=C/c4ccc([Si](CC)(CC)CC)cc4)cc3)c3ccc(/C=C/c4ccc([Si](CC)(CC)CC)cc4)cc3)cc2)cc1. The summed E-state index contributed by atoms with van der Waals surface area (Å²) in [7, 11) is -4.12. The second-order valence-corrected chi connectivity index (χ2v) is 33.8. The van der Waals surface area contributed by atoms with Gasteiger partial charge in [0.15, 0.2) is 0 Å². The maximum absolute atomic E-state index is 2.40. The van der Waals surface area contributed by atoms with E-state index in [0.717, 1.165) is 17.1 Å². The molecule has 6 aromatic rings. The number of hydrogen-bond donors (Lipinski definition) is 0. The molecule has 6 rings (SSSR count). The second-order valence-electron chi connectivity index (χ2n) is 18.0. The Hall–Kier alpha value is -5.01. The Morgan fingerprint density at radius 1 is 0.250 bits per heavy atom. The predicted octanol–water partition coefficient (Wildman–Crippen LogP) is 16.8. The van der Waals surface area contributed by atoms with Crippen LogP contribution in [0.5, 0.6) is 0 Å². The van der Waals surface area contributed by atoms with Gasteiger partial charge in [-0.3, -0.25) is 0 Å². The van der Waals surface area contributed by atoms with Crippen molar-refractivity contribution in [3.05, 3.63) is 179 Å². The first kappa shape index (κ1) is 48.4. The highest BCUT2D eigenvalue weighted by Gasteiger charge is 2.30. The summed E-state index contributed by atoms with van der Waals surface area (Å²) in [6.07, 6.45) is 13.5. The Bertz CT molecular complexity index is 2110. The highest BCUT2D eigenvalue weighted by atomic mass is 28.3. The van der Waals surface area contributed by atoms with Crippen molar-refractivity contribution in [2.75, 3.05) is 4.90 Å². The summed E-state index contributed by atoms with van der Waals surface area (Å²) in [5.41, 5.74) is 10.7. The molecule has 332 valence electrons. The van der Waals surface area contributed by atoms with Crippen LogP contribution in [0.25, 0.3) is 36.5 Å². The third-order valence-electron chi connectivity index (χ3n) is 15.5. The number of benzene rings is 6. The van der Waals surface area contributed by atoms with Crippen molar-refractivity contribution in [3.8, 4) is 0 Å². The summed E-state index contributed by atoms with van der Waals surface area (Å²) in [6.45, 7) is 21.4. The number of hydrogen-bond acceptors (Lipinski definition) is 1. The molecule has 0 fully saturated rings. The van der Waals surface area contributed by atoms with Gasteiger partial charge in [0, 0.05) is 17.1 Å². The lowest BCUT2D eigenvalue weighted by Crippen LogP contribution is -2.45. The molecule has 0 unspecified atom stereocenters. The fourth-order valence-electron chi connectivity index (χ4n) is 10.2. The summed E-state index contributed by atoms with van der Waals surface area (Å²) in [4.78, 5) is 2.37. The van der Waals surface area contributed by atoms with E-state index in [1.54, 1.807) is 15.6 Å². The van der Waals surface area contributed by atoms with Crippen LogP contribution in [0.15, 0.2) is 146 Å². The molecule has 0 radical (unpaired) electrons. The van der Waals surface area contributed by atoms with Crippen molar-refractivity contribution in [3.63, 3.8) is 0 Å². The fraction of sp³-hybridized carbons (Fsp3) is 0.300. The van der Waals surface area contributed by atoms with E-state index in [9.17, 15) is 0 Å². The highest BCUT2D eigenvalue weighted by molar-refractivity contribution is 6.92. The highest BCUT2D eigenvalue weighted by Crippen LogP contribution is 2.36. The van der Waals surface area contributed by atoms with Crippen LogP contribution in [0.4, 0.5) is 17.1 Å². The lowest BCUT2D eigenvalue weighted by molar-refractivity contribution is 1.19. The van der Waals surface area contributed by atoms with E-state index in [1.165, 1.54) is 87.8 Å². The van der Waals surface area contributed by atoms with E-state index in [4.69, 9.17) is 0 Å². The molecule has 0 saturated carbocycles. The third kappa shape index (κ3) is 11.1. The van der Waals surface area contributed by atoms with Crippen molar-refractivity contribution in [1.82, 2.24) is 0 Å². The molecule has 0 amide bonds. The lowest BCUT2D eigenvalue weighted by Gasteiger charge is -2.28. The maximum Gasteiger partial charge on any atom is 0.0859 e. The molecule has 64 heavy (non-hydrogen) atoms. The predicted molar refractivity (Wildman–Crippen MR) is 298 cm³/mol. The lowest BCUT2D eigenvalue weighted by atomic mass is 10.1. The van der Waals surface area contributed by atoms with Crippen molar-refractivity contribution < 1.29 is 0 Å². The van der Waals surface area contributed by atoms with Gasteiger partial charge >= 0.3 is 0 Å². The van der Waals surface area contributed by atoms with Crippen LogP contribution in [-0.2, 0) is 0 Å². The van der Waals surface area contributed by atoms with Crippen LogP contribution in [0, 0.1) is 0 Å². The Morgan fingerprint density at radius 3 is 0.562 bits per heavy atom. The molecule has 0 aliphatic rings. The van der Waals surface area contributed by atoms with Gasteiger partial charge in [-0.2, -0.15) is 0 Å². The van der Waals surface area contributed by atoms with Gasteiger partial charge in [0.25, 0.3) is 0 Å². The van der Waals surface area contributed by atoms with Crippen LogP contribution in [0.1, 0.15) is 95.7 Å². The molecular formula is C60H75NSi3. The Labute approximate surface area is 391 Å². The minimum absolute atomic E-state index is 1.13. The van der Waals surface area contributed by atoms with Gasteiger partial charge in [-0.1, -0.05) is 278 Å². The van der Waals surface area contributed by atoms with Gasteiger partial charge in [0.1, 0.15) is 0 Å². The van der Waals surface area contributed by atoms with Crippen LogP contribution in [0.2, 0.25) is 54.4 Å². The normalized spacial score (nSPS) is 12.5. The largest absolute Gasteiger partial charge is 0.311 e. The molecule has 4 heteroatoms. The van der Waals surface area contributed by atoms with Crippen molar-refractivity contribution >= 4 is 93.3 Å². The zero-order valence-corrected chi connectivity index (χ0v) is 43.6. The Balaban J connectivity index is 1.24. The molecule has 0 N–H and O–H groups in total. The Morgan fingerprint density at radius 2 is 0.406 bits per heavy atom. The van der Waals surface area contributed by atoms with Crippen molar-refractivity contribution in [2.45, 2.75) is 117 Å². The van der Waals surface area contributed by atoms with E-state index in [0.29, 0.717) is 0 Å². The molecule has 6 aromatic carbocycles. The van der Waals surface area contributed by atoms with Crippen LogP contribution in [-0.4, -0.2) is 24.2 Å². The summed E-state index contributed by atoms with van der Waals surface area (Å²) in [6, 6.07) is 67.0. The van der Waals surface area contributed by atoms with Gasteiger partial charge in [-0.25, -0.2) is 0 Å². The molecular weight excluding hydrogens is 819 g/mol. The van der Waals surface area contributed by atoms with Crippen molar-refractivity contribution in [1.29, 1.82) is 0 Å². The van der Waals surface area contributed by atoms with Gasteiger partial charge in [0.2, 0.25) is 0 Å². The maximum atomic E-state index is 2.40. The van der Waals surface area contributed by atoms with E-state index in [-0.39, 0.29) is 0 Å².